The number of nitrogens with one attached hydrogen (secondary N) is 1. The predicted octanol–water partition coefficient (Wildman–Crippen LogP) is 1.39. The minimum absolute atomic E-state index is 0.0890. The van der Waals surface area contributed by atoms with E-state index in [9.17, 15) is 8.42 Å². The van der Waals surface area contributed by atoms with Crippen LogP contribution in [-0.2, 0) is 15.8 Å². The quantitative estimate of drug-likeness (QED) is 0.709. The van der Waals surface area contributed by atoms with Crippen molar-refractivity contribution < 1.29 is 13.5 Å². The molecule has 0 radical (unpaired) electrons. The van der Waals surface area contributed by atoms with Crippen LogP contribution in [0.25, 0.3) is 0 Å². The minimum Gasteiger partial charge on any atom is -0.396 e. The van der Waals surface area contributed by atoms with Crippen LogP contribution in [0.3, 0.4) is 0 Å². The number of aliphatic hydroxyl groups excluding tert-OH is 1. The van der Waals surface area contributed by atoms with E-state index in [4.69, 9.17) is 10.4 Å². The monoisotopic (exact) mass is 296 g/mol. The van der Waals surface area contributed by atoms with Crippen molar-refractivity contribution in [2.45, 2.75) is 25.5 Å². The van der Waals surface area contributed by atoms with E-state index in [0.29, 0.717) is 24.1 Å². The second-order valence-corrected chi connectivity index (χ2v) is 6.70. The molecule has 0 saturated heterocycles. The zero-order chi connectivity index (χ0) is 15.0. The Bertz CT molecular complexity index is 547. The molecule has 0 aliphatic carbocycles. The SMILES string of the molecule is CC(CO)CCCNS(=O)(=O)Cc1ccc(C#N)cc1. The summed E-state index contributed by atoms with van der Waals surface area (Å²) in [5, 5.41) is 17.5. The van der Waals surface area contributed by atoms with Crippen molar-refractivity contribution in [3.05, 3.63) is 35.4 Å². The standard InChI is InChI=1S/C14H20N2O3S/c1-12(10-17)3-2-8-16-20(18,19)11-14-6-4-13(9-15)5-7-14/h4-7,12,16-17H,2-3,8,10-11H2,1H3. The van der Waals surface area contributed by atoms with Crippen molar-refractivity contribution in [1.82, 2.24) is 4.72 Å². The number of rotatable bonds is 8. The van der Waals surface area contributed by atoms with Crippen molar-refractivity contribution in [3.8, 4) is 6.07 Å². The molecule has 20 heavy (non-hydrogen) atoms. The van der Waals surface area contributed by atoms with Crippen LogP contribution in [0.1, 0.15) is 30.9 Å². The van der Waals surface area contributed by atoms with Crippen molar-refractivity contribution in [3.63, 3.8) is 0 Å². The van der Waals surface area contributed by atoms with Gasteiger partial charge < -0.3 is 5.11 Å². The second-order valence-electron chi connectivity index (χ2n) is 4.89. The fourth-order valence-corrected chi connectivity index (χ4v) is 2.90. The molecule has 1 unspecified atom stereocenters. The summed E-state index contributed by atoms with van der Waals surface area (Å²) in [7, 11) is -3.35. The lowest BCUT2D eigenvalue weighted by Crippen LogP contribution is -2.26. The van der Waals surface area contributed by atoms with E-state index in [1.54, 1.807) is 24.3 Å². The molecule has 0 bridgehead atoms. The van der Waals surface area contributed by atoms with Gasteiger partial charge in [0.2, 0.25) is 10.0 Å². The summed E-state index contributed by atoms with van der Waals surface area (Å²) >= 11 is 0. The van der Waals surface area contributed by atoms with Crippen LogP contribution in [0, 0.1) is 17.2 Å². The Kier molecular flexibility index (Phi) is 6.65. The number of nitriles is 1. The van der Waals surface area contributed by atoms with Gasteiger partial charge in [-0.05, 0) is 36.5 Å². The van der Waals surface area contributed by atoms with Crippen LogP contribution in [0.15, 0.2) is 24.3 Å². The lowest BCUT2D eigenvalue weighted by molar-refractivity contribution is 0.228. The second kappa shape index (κ2) is 8.00. The van der Waals surface area contributed by atoms with E-state index in [1.807, 2.05) is 13.0 Å². The van der Waals surface area contributed by atoms with Gasteiger partial charge in [-0.3, -0.25) is 0 Å². The smallest absolute Gasteiger partial charge is 0.215 e. The molecule has 1 rings (SSSR count). The molecule has 1 aromatic carbocycles. The molecule has 5 nitrogen and oxygen atoms in total. The summed E-state index contributed by atoms with van der Waals surface area (Å²) in [5.74, 6) is 0.104. The van der Waals surface area contributed by atoms with E-state index in [0.717, 1.165) is 6.42 Å². The molecular formula is C14H20N2O3S. The fourth-order valence-electron chi connectivity index (χ4n) is 1.72. The summed E-state index contributed by atoms with van der Waals surface area (Å²) in [6, 6.07) is 8.49. The Hall–Kier alpha value is -1.42. The van der Waals surface area contributed by atoms with Crippen LogP contribution >= 0.6 is 0 Å². The Balaban J connectivity index is 2.43. The lowest BCUT2D eigenvalue weighted by Gasteiger charge is -2.09. The van der Waals surface area contributed by atoms with Gasteiger partial charge in [-0.2, -0.15) is 5.26 Å². The first kappa shape index (κ1) is 16.6. The minimum atomic E-state index is -3.35. The highest BCUT2D eigenvalue weighted by molar-refractivity contribution is 7.88. The Morgan fingerprint density at radius 1 is 1.35 bits per heavy atom. The first-order valence-corrected chi connectivity index (χ1v) is 8.19. The fraction of sp³-hybridized carbons (Fsp3) is 0.500. The van der Waals surface area contributed by atoms with Crippen LogP contribution in [0.2, 0.25) is 0 Å². The maximum Gasteiger partial charge on any atom is 0.215 e. The van der Waals surface area contributed by atoms with E-state index in [2.05, 4.69) is 4.72 Å². The van der Waals surface area contributed by atoms with Gasteiger partial charge in [-0.25, -0.2) is 13.1 Å². The highest BCUT2D eigenvalue weighted by Gasteiger charge is 2.11. The van der Waals surface area contributed by atoms with Gasteiger partial charge >= 0.3 is 0 Å². The highest BCUT2D eigenvalue weighted by atomic mass is 32.2. The molecule has 1 aromatic rings. The Morgan fingerprint density at radius 2 is 2.00 bits per heavy atom. The van der Waals surface area contributed by atoms with E-state index in [-0.39, 0.29) is 18.3 Å². The summed E-state index contributed by atoms with van der Waals surface area (Å²) in [4.78, 5) is 0. The molecule has 0 heterocycles. The molecule has 1 atom stereocenters. The predicted molar refractivity (Wildman–Crippen MR) is 77.3 cm³/mol. The van der Waals surface area contributed by atoms with Crippen molar-refractivity contribution in [1.29, 1.82) is 5.26 Å². The molecule has 110 valence electrons. The Labute approximate surface area is 120 Å². The number of nitrogens with zero attached hydrogens (tertiary/aromatic N) is 1. The lowest BCUT2D eigenvalue weighted by atomic mass is 10.1. The van der Waals surface area contributed by atoms with Gasteiger partial charge in [0.05, 0.1) is 17.4 Å². The molecule has 2 N–H and O–H groups in total. The summed E-state index contributed by atoms with van der Waals surface area (Å²) < 4.78 is 26.2. The van der Waals surface area contributed by atoms with Crippen molar-refractivity contribution in [2.75, 3.05) is 13.2 Å². The van der Waals surface area contributed by atoms with Gasteiger partial charge in [0, 0.05) is 13.2 Å². The van der Waals surface area contributed by atoms with Gasteiger partial charge in [-0.1, -0.05) is 19.1 Å². The molecule has 6 heteroatoms. The zero-order valence-corrected chi connectivity index (χ0v) is 12.4. The molecule has 0 amide bonds. The third-order valence-corrected chi connectivity index (χ3v) is 4.30. The van der Waals surface area contributed by atoms with Crippen LogP contribution in [0.5, 0.6) is 0 Å². The number of aliphatic hydroxyl groups is 1. The number of benzene rings is 1. The number of hydrogen-bond acceptors (Lipinski definition) is 4. The summed E-state index contributed by atoms with van der Waals surface area (Å²) in [6.45, 7) is 2.42. The summed E-state index contributed by atoms with van der Waals surface area (Å²) in [6.07, 6.45) is 1.49. The van der Waals surface area contributed by atoms with Crippen LogP contribution in [0.4, 0.5) is 0 Å². The van der Waals surface area contributed by atoms with Gasteiger partial charge in [0.25, 0.3) is 0 Å². The number of hydrogen-bond donors (Lipinski definition) is 2. The molecule has 0 aliphatic heterocycles. The first-order chi connectivity index (χ1) is 9.46. The zero-order valence-electron chi connectivity index (χ0n) is 11.5. The Morgan fingerprint density at radius 3 is 2.55 bits per heavy atom. The third-order valence-electron chi connectivity index (χ3n) is 2.95. The number of sulfonamides is 1. The van der Waals surface area contributed by atoms with E-state index in [1.165, 1.54) is 0 Å². The summed E-state index contributed by atoms with van der Waals surface area (Å²) in [5.41, 5.74) is 1.16. The maximum atomic E-state index is 11.8. The van der Waals surface area contributed by atoms with Crippen LogP contribution < -0.4 is 4.72 Å². The molecule has 0 aliphatic rings. The average Bonchev–Trinajstić information content (AvgIpc) is 2.43. The first-order valence-electron chi connectivity index (χ1n) is 6.54. The van der Waals surface area contributed by atoms with Crippen molar-refractivity contribution in [2.24, 2.45) is 5.92 Å². The molecule has 0 aromatic heterocycles. The molecule has 0 spiro atoms. The molecular weight excluding hydrogens is 276 g/mol. The molecule has 0 saturated carbocycles. The van der Waals surface area contributed by atoms with Gasteiger partial charge in [0.1, 0.15) is 0 Å². The normalized spacial score (nSPS) is 12.8. The largest absolute Gasteiger partial charge is 0.396 e. The van der Waals surface area contributed by atoms with Gasteiger partial charge in [0.15, 0.2) is 0 Å². The van der Waals surface area contributed by atoms with Crippen molar-refractivity contribution >= 4 is 10.0 Å². The van der Waals surface area contributed by atoms with E-state index < -0.39 is 10.0 Å². The maximum absolute atomic E-state index is 11.8. The topological polar surface area (TPSA) is 90.2 Å². The van der Waals surface area contributed by atoms with Crippen LogP contribution in [-0.4, -0.2) is 26.7 Å². The highest BCUT2D eigenvalue weighted by Crippen LogP contribution is 2.08. The van der Waals surface area contributed by atoms with E-state index >= 15 is 0 Å². The third kappa shape index (κ3) is 6.15. The molecule has 0 fully saturated rings. The average molecular weight is 296 g/mol. The van der Waals surface area contributed by atoms with Gasteiger partial charge in [-0.15, -0.1) is 0 Å².